The minimum atomic E-state index is -2.77. The van der Waals surface area contributed by atoms with Gasteiger partial charge >= 0.3 is 12.6 Å². The molecule has 6 atom stereocenters. The first-order valence-electron chi connectivity index (χ1n) is 13.1. The molecular weight excluding hydrogens is 472 g/mol. The van der Waals surface area contributed by atoms with Crippen LogP contribution >= 0.6 is 0 Å². The number of aliphatic carboxylic acids is 1. The summed E-state index contributed by atoms with van der Waals surface area (Å²) in [6, 6.07) is 3.47. The van der Waals surface area contributed by atoms with Crippen molar-refractivity contribution >= 4 is 17.7 Å². The van der Waals surface area contributed by atoms with E-state index in [1.165, 1.54) is 0 Å². The normalized spacial score (nSPS) is 32.8. The SMILES string of the molecule is CCCOc1nc(N2CCC[C@@H](CC(=O)O)C2)ccc1C(=O)NC1C2CC3C[C@@](OC(F)F)(C2)CC31. The predicted octanol–water partition coefficient (Wildman–Crippen LogP) is 4.09. The van der Waals surface area contributed by atoms with Gasteiger partial charge in [0.1, 0.15) is 11.4 Å². The number of aromatic nitrogens is 1. The van der Waals surface area contributed by atoms with Crippen LogP contribution in [0.2, 0.25) is 0 Å². The topological polar surface area (TPSA) is 101 Å². The Morgan fingerprint density at radius 3 is 2.81 bits per heavy atom. The highest BCUT2D eigenvalue weighted by atomic mass is 19.3. The number of hydrogen-bond acceptors (Lipinski definition) is 6. The highest BCUT2D eigenvalue weighted by molar-refractivity contribution is 5.97. The number of alkyl halides is 2. The molecule has 0 spiro atoms. The molecule has 1 aromatic rings. The summed E-state index contributed by atoms with van der Waals surface area (Å²) >= 11 is 0. The lowest BCUT2D eigenvalue weighted by molar-refractivity contribution is -0.222. The summed E-state index contributed by atoms with van der Waals surface area (Å²) in [5.41, 5.74) is -0.374. The number of rotatable bonds is 10. The smallest absolute Gasteiger partial charge is 0.345 e. The molecule has 5 aliphatic rings. The molecule has 10 heteroatoms. The molecule has 0 aromatic carbocycles. The number of amides is 1. The van der Waals surface area contributed by atoms with Crippen molar-refractivity contribution in [3.8, 4) is 5.88 Å². The van der Waals surface area contributed by atoms with Crippen molar-refractivity contribution in [1.82, 2.24) is 10.3 Å². The van der Waals surface area contributed by atoms with Gasteiger partial charge in [0.15, 0.2) is 0 Å². The third kappa shape index (κ3) is 5.01. The van der Waals surface area contributed by atoms with Crippen LogP contribution in [0.25, 0.3) is 0 Å². The van der Waals surface area contributed by atoms with Gasteiger partial charge in [0, 0.05) is 25.6 Å². The van der Waals surface area contributed by atoms with Crippen LogP contribution in [0.4, 0.5) is 14.6 Å². The molecule has 1 saturated heterocycles. The highest BCUT2D eigenvalue weighted by Gasteiger charge is 2.62. The molecule has 4 saturated carbocycles. The Bertz CT molecular complexity index is 990. The Balaban J connectivity index is 1.30. The number of hydrogen-bond donors (Lipinski definition) is 2. The fraction of sp³-hybridized carbons (Fsp3) is 0.731. The number of carbonyl (C=O) groups is 2. The van der Waals surface area contributed by atoms with Gasteiger partial charge in [0.25, 0.3) is 5.91 Å². The van der Waals surface area contributed by atoms with Gasteiger partial charge in [-0.3, -0.25) is 9.59 Å². The number of piperidine rings is 1. The molecule has 6 rings (SSSR count). The Hall–Kier alpha value is -2.49. The fourth-order valence-electron chi connectivity index (χ4n) is 7.29. The zero-order valence-electron chi connectivity index (χ0n) is 20.6. The number of anilines is 1. The van der Waals surface area contributed by atoms with Crippen molar-refractivity contribution in [3.05, 3.63) is 17.7 Å². The fourth-order valence-corrected chi connectivity index (χ4v) is 7.29. The Morgan fingerprint density at radius 1 is 1.28 bits per heavy atom. The number of nitrogens with zero attached hydrogens (tertiary/aromatic N) is 2. The van der Waals surface area contributed by atoms with Gasteiger partial charge in [-0.1, -0.05) is 6.92 Å². The molecule has 1 amide bonds. The molecular formula is C26H35F2N3O5. The van der Waals surface area contributed by atoms with E-state index in [0.29, 0.717) is 49.7 Å². The summed E-state index contributed by atoms with van der Waals surface area (Å²) in [4.78, 5) is 31.3. The largest absolute Gasteiger partial charge is 0.481 e. The Labute approximate surface area is 209 Å². The zero-order chi connectivity index (χ0) is 25.4. The van der Waals surface area contributed by atoms with Gasteiger partial charge in [-0.2, -0.15) is 13.8 Å². The number of carboxylic acid groups (broad SMARTS) is 1. The van der Waals surface area contributed by atoms with E-state index < -0.39 is 18.2 Å². The van der Waals surface area contributed by atoms with Gasteiger partial charge in [0.2, 0.25) is 5.88 Å². The molecule has 36 heavy (non-hydrogen) atoms. The summed E-state index contributed by atoms with van der Waals surface area (Å²) in [7, 11) is 0. The summed E-state index contributed by atoms with van der Waals surface area (Å²) in [5.74, 6) is 0.556. The number of carboxylic acids is 1. The third-order valence-electron chi connectivity index (χ3n) is 8.53. The van der Waals surface area contributed by atoms with Crippen LogP contribution in [0.5, 0.6) is 5.88 Å². The number of nitrogens with one attached hydrogen (secondary N) is 1. The molecule has 4 aliphatic carbocycles. The first-order chi connectivity index (χ1) is 17.3. The highest BCUT2D eigenvalue weighted by Crippen LogP contribution is 2.61. The molecule has 0 radical (unpaired) electrons. The van der Waals surface area contributed by atoms with E-state index in [9.17, 15) is 23.5 Å². The molecule has 4 unspecified atom stereocenters. The predicted molar refractivity (Wildman–Crippen MR) is 127 cm³/mol. The molecule has 5 fully saturated rings. The van der Waals surface area contributed by atoms with Crippen molar-refractivity contribution < 1.29 is 33.0 Å². The molecule has 1 aromatic heterocycles. The van der Waals surface area contributed by atoms with E-state index in [-0.39, 0.29) is 42.0 Å². The summed E-state index contributed by atoms with van der Waals surface area (Å²) in [5, 5.41) is 12.4. The molecule has 8 nitrogen and oxygen atoms in total. The standard InChI is InChI=1S/C26H35F2N3O5/c1-2-8-35-24-18(5-6-20(29-24)31-7-3-4-15(14-31)9-21(32)33)23(34)30-22-17-10-16-11-26(12-17,13-19(16)22)36-25(27)28/h5-6,15-17,19,22,25H,2-4,7-14H2,1H3,(H,30,34)(H,32,33)/t15-,16?,17?,19?,22?,26+/m0/s1. The van der Waals surface area contributed by atoms with E-state index in [1.807, 2.05) is 6.92 Å². The van der Waals surface area contributed by atoms with Crippen LogP contribution in [-0.2, 0) is 9.53 Å². The van der Waals surface area contributed by atoms with Gasteiger partial charge in [0.05, 0.1) is 12.2 Å². The van der Waals surface area contributed by atoms with Gasteiger partial charge in [-0.25, -0.2) is 0 Å². The summed E-state index contributed by atoms with van der Waals surface area (Å²) < 4.78 is 36.9. The van der Waals surface area contributed by atoms with Crippen LogP contribution in [0.15, 0.2) is 12.1 Å². The van der Waals surface area contributed by atoms with Crippen LogP contribution in [0.1, 0.15) is 68.6 Å². The molecule has 2 N–H and O–H groups in total. The van der Waals surface area contributed by atoms with E-state index in [4.69, 9.17) is 9.47 Å². The molecule has 198 valence electrons. The second kappa shape index (κ2) is 10.1. The monoisotopic (exact) mass is 507 g/mol. The second-order valence-electron chi connectivity index (χ2n) is 11.0. The molecule has 1 aliphatic heterocycles. The quantitative estimate of drug-likeness (QED) is 0.492. The lowest BCUT2D eigenvalue weighted by Crippen LogP contribution is -2.49. The van der Waals surface area contributed by atoms with Crippen LogP contribution in [0.3, 0.4) is 0 Å². The van der Waals surface area contributed by atoms with E-state index in [1.54, 1.807) is 12.1 Å². The van der Waals surface area contributed by atoms with Crippen LogP contribution < -0.4 is 15.0 Å². The third-order valence-corrected chi connectivity index (χ3v) is 8.53. The number of carbonyl (C=O) groups excluding carboxylic acids is 1. The van der Waals surface area contributed by atoms with Crippen LogP contribution in [-0.4, -0.2) is 59.9 Å². The number of ether oxygens (including phenoxy) is 2. The minimum absolute atomic E-state index is 0.0584. The van der Waals surface area contributed by atoms with E-state index in [2.05, 4.69) is 15.2 Å². The molecule has 2 heterocycles. The Morgan fingerprint density at radius 2 is 2.08 bits per heavy atom. The van der Waals surface area contributed by atoms with Gasteiger partial charge in [-0.15, -0.1) is 0 Å². The lowest BCUT2D eigenvalue weighted by atomic mass is 9.76. The minimum Gasteiger partial charge on any atom is -0.481 e. The van der Waals surface area contributed by atoms with Crippen molar-refractivity contribution in [3.63, 3.8) is 0 Å². The second-order valence-corrected chi connectivity index (χ2v) is 11.0. The number of pyridine rings is 1. The lowest BCUT2D eigenvalue weighted by Gasteiger charge is -2.41. The zero-order valence-corrected chi connectivity index (χ0v) is 20.6. The van der Waals surface area contributed by atoms with Crippen LogP contribution in [0, 0.1) is 23.7 Å². The summed E-state index contributed by atoms with van der Waals surface area (Å²) in [6.07, 6.45) is 5.34. The first kappa shape index (κ1) is 25.2. The van der Waals surface area contributed by atoms with Gasteiger partial charge < -0.3 is 24.8 Å². The average Bonchev–Trinajstić information content (AvgIpc) is 3.21. The van der Waals surface area contributed by atoms with E-state index >= 15 is 0 Å². The summed E-state index contributed by atoms with van der Waals surface area (Å²) in [6.45, 7) is 1.01. The van der Waals surface area contributed by atoms with Crippen molar-refractivity contribution in [2.24, 2.45) is 23.7 Å². The number of halogens is 2. The average molecular weight is 508 g/mol. The maximum absolute atomic E-state index is 13.4. The maximum Gasteiger partial charge on any atom is 0.345 e. The van der Waals surface area contributed by atoms with E-state index in [0.717, 1.165) is 32.2 Å². The maximum atomic E-state index is 13.4. The van der Waals surface area contributed by atoms with Gasteiger partial charge in [-0.05, 0) is 80.8 Å². The van der Waals surface area contributed by atoms with Crippen molar-refractivity contribution in [2.45, 2.75) is 76.5 Å². The molecule has 4 bridgehead atoms. The Kier molecular flexibility index (Phi) is 7.07. The first-order valence-corrected chi connectivity index (χ1v) is 13.1. The van der Waals surface area contributed by atoms with Crippen molar-refractivity contribution in [2.75, 3.05) is 24.6 Å². The van der Waals surface area contributed by atoms with Crippen molar-refractivity contribution in [1.29, 1.82) is 0 Å².